The standard InChI is InChI=1S/C14H16F3N3/c1-19(8-9-20-7-6-18-11-20)10-12-2-4-13(5-3-12)14(15,16)17/h2-7,11H,8-10H2,1H3. The highest BCUT2D eigenvalue weighted by Crippen LogP contribution is 2.29. The summed E-state index contributed by atoms with van der Waals surface area (Å²) < 4.78 is 39.3. The van der Waals surface area contributed by atoms with Gasteiger partial charge >= 0.3 is 6.18 Å². The van der Waals surface area contributed by atoms with Gasteiger partial charge in [-0.15, -0.1) is 0 Å². The molecule has 0 aliphatic rings. The summed E-state index contributed by atoms with van der Waals surface area (Å²) >= 11 is 0. The third-order valence-corrected chi connectivity index (χ3v) is 3.03. The van der Waals surface area contributed by atoms with Crippen LogP contribution in [0, 0.1) is 0 Å². The molecule has 0 radical (unpaired) electrons. The van der Waals surface area contributed by atoms with Crippen molar-refractivity contribution in [2.45, 2.75) is 19.3 Å². The highest BCUT2D eigenvalue weighted by Gasteiger charge is 2.29. The second-order valence-electron chi connectivity index (χ2n) is 4.73. The number of likely N-dealkylation sites (N-methyl/N-ethyl adjacent to an activating group) is 1. The van der Waals surface area contributed by atoms with Gasteiger partial charge in [0.1, 0.15) is 0 Å². The van der Waals surface area contributed by atoms with Crippen LogP contribution in [0.1, 0.15) is 11.1 Å². The molecule has 1 aromatic carbocycles. The van der Waals surface area contributed by atoms with Crippen LogP contribution < -0.4 is 0 Å². The normalized spacial score (nSPS) is 12.1. The van der Waals surface area contributed by atoms with Crippen molar-refractivity contribution in [3.63, 3.8) is 0 Å². The largest absolute Gasteiger partial charge is 0.416 e. The minimum Gasteiger partial charge on any atom is -0.336 e. The predicted octanol–water partition coefficient (Wildman–Crippen LogP) is 3.03. The number of imidazole rings is 1. The summed E-state index contributed by atoms with van der Waals surface area (Å²) in [5, 5.41) is 0. The van der Waals surface area contributed by atoms with Gasteiger partial charge in [0.2, 0.25) is 0 Å². The Morgan fingerprint density at radius 3 is 2.45 bits per heavy atom. The molecule has 3 nitrogen and oxygen atoms in total. The van der Waals surface area contributed by atoms with Crippen molar-refractivity contribution >= 4 is 0 Å². The molecule has 0 unspecified atom stereocenters. The molecule has 0 saturated carbocycles. The quantitative estimate of drug-likeness (QED) is 0.841. The first-order chi connectivity index (χ1) is 9.45. The Morgan fingerprint density at radius 1 is 1.20 bits per heavy atom. The lowest BCUT2D eigenvalue weighted by atomic mass is 10.1. The van der Waals surface area contributed by atoms with Gasteiger partial charge in [-0.25, -0.2) is 4.98 Å². The molecule has 0 fully saturated rings. The number of hydrogen-bond donors (Lipinski definition) is 0. The summed E-state index contributed by atoms with van der Waals surface area (Å²) in [7, 11) is 1.94. The van der Waals surface area contributed by atoms with Crippen molar-refractivity contribution in [3.05, 3.63) is 54.1 Å². The zero-order valence-electron chi connectivity index (χ0n) is 11.1. The fourth-order valence-electron chi connectivity index (χ4n) is 1.90. The number of alkyl halides is 3. The maximum atomic E-state index is 12.4. The maximum Gasteiger partial charge on any atom is 0.416 e. The predicted molar refractivity (Wildman–Crippen MR) is 70.0 cm³/mol. The first-order valence-electron chi connectivity index (χ1n) is 6.25. The summed E-state index contributed by atoms with van der Waals surface area (Å²) in [6.07, 6.45) is 1.07. The fraction of sp³-hybridized carbons (Fsp3) is 0.357. The van der Waals surface area contributed by atoms with Crippen molar-refractivity contribution in [3.8, 4) is 0 Å². The van der Waals surface area contributed by atoms with Crippen LogP contribution in [0.25, 0.3) is 0 Å². The Hall–Kier alpha value is -1.82. The summed E-state index contributed by atoms with van der Waals surface area (Å²) in [5.74, 6) is 0. The van der Waals surface area contributed by atoms with E-state index in [1.54, 1.807) is 12.5 Å². The molecule has 1 heterocycles. The van der Waals surface area contributed by atoms with E-state index in [0.29, 0.717) is 6.54 Å². The lowest BCUT2D eigenvalue weighted by Crippen LogP contribution is -2.22. The zero-order valence-corrected chi connectivity index (χ0v) is 11.1. The van der Waals surface area contributed by atoms with Gasteiger partial charge in [0.25, 0.3) is 0 Å². The number of aromatic nitrogens is 2. The molecule has 0 saturated heterocycles. The Morgan fingerprint density at radius 2 is 1.90 bits per heavy atom. The molecule has 2 rings (SSSR count). The van der Waals surface area contributed by atoms with E-state index in [2.05, 4.69) is 9.88 Å². The number of halogens is 3. The van der Waals surface area contributed by atoms with E-state index >= 15 is 0 Å². The molecule has 0 aliphatic heterocycles. The average Bonchev–Trinajstić information content (AvgIpc) is 2.89. The molecule has 0 amide bonds. The molecular weight excluding hydrogens is 267 g/mol. The van der Waals surface area contributed by atoms with Crippen molar-refractivity contribution in [2.24, 2.45) is 0 Å². The van der Waals surface area contributed by atoms with Crippen LogP contribution in [-0.4, -0.2) is 28.0 Å². The Kier molecular flexibility index (Phi) is 4.44. The highest BCUT2D eigenvalue weighted by molar-refractivity contribution is 5.24. The smallest absolute Gasteiger partial charge is 0.336 e. The van der Waals surface area contributed by atoms with Crippen molar-refractivity contribution < 1.29 is 13.2 Å². The van der Waals surface area contributed by atoms with E-state index in [9.17, 15) is 13.2 Å². The van der Waals surface area contributed by atoms with E-state index in [4.69, 9.17) is 0 Å². The molecule has 0 aliphatic carbocycles. The van der Waals surface area contributed by atoms with Gasteiger partial charge in [-0.1, -0.05) is 12.1 Å². The highest BCUT2D eigenvalue weighted by atomic mass is 19.4. The Labute approximate surface area is 115 Å². The summed E-state index contributed by atoms with van der Waals surface area (Å²) in [6, 6.07) is 5.30. The van der Waals surface area contributed by atoms with E-state index in [-0.39, 0.29) is 0 Å². The van der Waals surface area contributed by atoms with Gasteiger partial charge in [0.15, 0.2) is 0 Å². The van der Waals surface area contributed by atoms with Crippen LogP contribution in [0.15, 0.2) is 43.0 Å². The SMILES string of the molecule is CN(CCn1ccnc1)Cc1ccc(C(F)(F)F)cc1. The summed E-state index contributed by atoms with van der Waals surface area (Å²) in [6.45, 7) is 2.22. The topological polar surface area (TPSA) is 21.1 Å². The molecule has 0 atom stereocenters. The van der Waals surface area contributed by atoms with Crippen molar-refractivity contribution in [2.75, 3.05) is 13.6 Å². The van der Waals surface area contributed by atoms with E-state index in [1.165, 1.54) is 12.1 Å². The van der Waals surface area contributed by atoms with Gasteiger partial charge in [0.05, 0.1) is 11.9 Å². The van der Waals surface area contributed by atoms with E-state index in [1.807, 2.05) is 17.8 Å². The molecule has 20 heavy (non-hydrogen) atoms. The summed E-state index contributed by atoms with van der Waals surface area (Å²) in [5.41, 5.74) is 0.258. The Bertz CT molecular complexity index is 518. The number of benzene rings is 1. The van der Waals surface area contributed by atoms with E-state index in [0.717, 1.165) is 30.8 Å². The lowest BCUT2D eigenvalue weighted by Gasteiger charge is -2.17. The third-order valence-electron chi connectivity index (χ3n) is 3.03. The average molecular weight is 283 g/mol. The van der Waals surface area contributed by atoms with Crippen LogP contribution in [0.4, 0.5) is 13.2 Å². The minimum atomic E-state index is -4.27. The molecular formula is C14H16F3N3. The molecule has 0 spiro atoms. The van der Waals surface area contributed by atoms with Crippen LogP contribution in [0.2, 0.25) is 0 Å². The van der Waals surface area contributed by atoms with Crippen LogP contribution in [0.3, 0.4) is 0 Å². The third kappa shape index (κ3) is 4.09. The lowest BCUT2D eigenvalue weighted by molar-refractivity contribution is -0.137. The number of nitrogens with zero attached hydrogens (tertiary/aromatic N) is 3. The molecule has 2 aromatic rings. The first kappa shape index (κ1) is 14.6. The monoisotopic (exact) mass is 283 g/mol. The van der Waals surface area contributed by atoms with E-state index < -0.39 is 11.7 Å². The minimum absolute atomic E-state index is 0.609. The number of hydrogen-bond acceptors (Lipinski definition) is 2. The van der Waals surface area contributed by atoms with Gasteiger partial charge in [-0.3, -0.25) is 0 Å². The zero-order chi connectivity index (χ0) is 14.6. The molecule has 1 aromatic heterocycles. The second-order valence-corrected chi connectivity index (χ2v) is 4.73. The van der Waals surface area contributed by atoms with Gasteiger partial charge < -0.3 is 9.47 Å². The van der Waals surface area contributed by atoms with Crippen LogP contribution >= 0.6 is 0 Å². The van der Waals surface area contributed by atoms with Gasteiger partial charge in [-0.05, 0) is 24.7 Å². The molecule has 0 bridgehead atoms. The van der Waals surface area contributed by atoms with Gasteiger partial charge in [-0.2, -0.15) is 13.2 Å². The second kappa shape index (κ2) is 6.09. The number of rotatable bonds is 5. The van der Waals surface area contributed by atoms with Crippen LogP contribution in [0.5, 0.6) is 0 Å². The first-order valence-corrected chi connectivity index (χ1v) is 6.25. The Balaban J connectivity index is 1.86. The van der Waals surface area contributed by atoms with Crippen molar-refractivity contribution in [1.29, 1.82) is 0 Å². The van der Waals surface area contributed by atoms with Crippen LogP contribution in [-0.2, 0) is 19.3 Å². The fourth-order valence-corrected chi connectivity index (χ4v) is 1.90. The van der Waals surface area contributed by atoms with Crippen molar-refractivity contribution in [1.82, 2.24) is 14.5 Å². The maximum absolute atomic E-state index is 12.4. The molecule has 108 valence electrons. The molecule has 0 N–H and O–H groups in total. The van der Waals surface area contributed by atoms with Gasteiger partial charge in [0, 0.05) is 32.0 Å². The summed E-state index contributed by atoms with van der Waals surface area (Å²) in [4.78, 5) is 6.01. The molecule has 6 heteroatoms.